The molecule has 0 amide bonds. The Balaban J connectivity index is 0.000000640. The van der Waals surface area contributed by atoms with Crippen LogP contribution in [0.3, 0.4) is 0 Å². The van der Waals surface area contributed by atoms with Gasteiger partial charge in [0.2, 0.25) is 0 Å². The minimum absolute atomic E-state index is 0. The predicted octanol–water partition coefficient (Wildman–Crippen LogP) is -0.0153. The van der Waals surface area contributed by atoms with Crippen molar-refractivity contribution in [2.45, 2.75) is 12.6 Å². The molecule has 0 aliphatic carbocycles. The first-order valence-corrected chi connectivity index (χ1v) is 3.41. The Morgan fingerprint density at radius 2 is 2.33 bits per heavy atom. The molecule has 0 bridgehead atoms. The molecular weight excluding hydrogens is 153 g/mol. The van der Waals surface area contributed by atoms with E-state index in [2.05, 4.69) is 9.05 Å². The zero-order chi connectivity index (χ0) is 5.98. The Labute approximate surface area is 70.2 Å². The molecule has 1 heterocycles. The number of nitrogens with two attached hydrogens (primary N) is 1. The van der Waals surface area contributed by atoms with Crippen LogP contribution in [0.25, 0.3) is 0 Å². The van der Waals surface area contributed by atoms with E-state index >= 15 is 0 Å². The number of rotatable bonds is 0. The summed E-state index contributed by atoms with van der Waals surface area (Å²) in [6.45, 7) is 0.441. The maximum atomic E-state index is 10.3. The van der Waals surface area contributed by atoms with Gasteiger partial charge in [0.15, 0.2) is 6.23 Å². The number of hydrogen-bond acceptors (Lipinski definition) is 4. The van der Waals surface area contributed by atoms with Gasteiger partial charge < -0.3 is 5.73 Å². The summed E-state index contributed by atoms with van der Waals surface area (Å²) in [5.74, 6) is 0. The van der Waals surface area contributed by atoms with Gasteiger partial charge in [-0.25, -0.2) is 0 Å². The Morgan fingerprint density at radius 1 is 1.67 bits per heavy atom. The number of hydrogen-bond donors (Lipinski definition) is 1. The summed E-state index contributed by atoms with van der Waals surface area (Å²) < 4.78 is 19.4. The topological polar surface area (TPSA) is 61.5 Å². The van der Waals surface area contributed by atoms with Crippen molar-refractivity contribution in [2.24, 2.45) is 5.73 Å². The molecule has 0 saturated carbocycles. The van der Waals surface area contributed by atoms with Gasteiger partial charge in [0.05, 0.1) is 0 Å². The molecule has 2 unspecified atom stereocenters. The van der Waals surface area contributed by atoms with Crippen molar-refractivity contribution < 1.29 is 13.6 Å². The minimum atomic E-state index is -1.91. The van der Waals surface area contributed by atoms with E-state index in [1.165, 1.54) is 0 Å². The van der Waals surface area contributed by atoms with E-state index in [-0.39, 0.29) is 23.1 Å². The maximum Gasteiger partial charge on any atom is 0.699 e. The standard InChI is InChI=1S/C3H7NO3P.Mg/c4-3-1-2-6-8(5)7-3;/h3H,1-2,4H2;/q+1;. The van der Waals surface area contributed by atoms with Crippen LogP contribution < -0.4 is 5.73 Å². The van der Waals surface area contributed by atoms with Gasteiger partial charge in [-0.05, 0) is 0 Å². The SMILES string of the molecule is NC1CCO[P+](=O)O1.[Mg]. The largest absolute Gasteiger partial charge is 0.699 e. The lowest BCUT2D eigenvalue weighted by Crippen LogP contribution is -2.25. The van der Waals surface area contributed by atoms with Gasteiger partial charge in [-0.15, -0.1) is 9.05 Å². The maximum absolute atomic E-state index is 10.3. The van der Waals surface area contributed by atoms with Crippen molar-refractivity contribution in [1.82, 2.24) is 0 Å². The quantitative estimate of drug-likeness (QED) is 0.400. The van der Waals surface area contributed by atoms with Crippen LogP contribution in [-0.4, -0.2) is 35.9 Å². The summed E-state index contributed by atoms with van der Waals surface area (Å²) >= 11 is 0. The van der Waals surface area contributed by atoms with Gasteiger partial charge in [0, 0.05) is 34.0 Å². The molecule has 6 heteroatoms. The second kappa shape index (κ2) is 4.54. The molecule has 2 atom stereocenters. The summed E-state index contributed by atoms with van der Waals surface area (Å²) in [4.78, 5) is 0. The van der Waals surface area contributed by atoms with Crippen LogP contribution in [-0.2, 0) is 13.6 Å². The molecule has 1 rings (SSSR count). The zero-order valence-corrected chi connectivity index (χ0v) is 7.26. The monoisotopic (exact) mass is 160 g/mol. The molecule has 4 nitrogen and oxygen atoms in total. The van der Waals surface area contributed by atoms with Crippen LogP contribution in [0.4, 0.5) is 0 Å². The zero-order valence-electron chi connectivity index (χ0n) is 4.95. The molecular formula is C3H7MgNO3P+. The minimum Gasteiger partial charge on any atom is -0.302 e. The van der Waals surface area contributed by atoms with Crippen molar-refractivity contribution in [1.29, 1.82) is 0 Å². The van der Waals surface area contributed by atoms with Crippen molar-refractivity contribution in [3.8, 4) is 0 Å². The van der Waals surface area contributed by atoms with Crippen molar-refractivity contribution in [3.05, 3.63) is 0 Å². The van der Waals surface area contributed by atoms with E-state index in [1.54, 1.807) is 0 Å². The first-order chi connectivity index (χ1) is 3.79. The smallest absolute Gasteiger partial charge is 0.302 e. The fourth-order valence-electron chi connectivity index (χ4n) is 0.437. The van der Waals surface area contributed by atoms with Gasteiger partial charge >= 0.3 is 8.25 Å². The van der Waals surface area contributed by atoms with Gasteiger partial charge in [0.1, 0.15) is 6.61 Å². The van der Waals surface area contributed by atoms with Crippen LogP contribution in [0.1, 0.15) is 6.42 Å². The van der Waals surface area contributed by atoms with Crippen molar-refractivity contribution in [2.75, 3.05) is 6.61 Å². The first kappa shape index (κ1) is 9.75. The molecule has 1 saturated heterocycles. The summed E-state index contributed by atoms with van der Waals surface area (Å²) in [7, 11) is -1.91. The highest BCUT2D eigenvalue weighted by Crippen LogP contribution is 2.29. The fraction of sp³-hybridized carbons (Fsp3) is 1.00. The Kier molecular flexibility index (Phi) is 4.92. The molecule has 1 aliphatic heterocycles. The lowest BCUT2D eigenvalue weighted by molar-refractivity contribution is 0.101. The second-order valence-electron chi connectivity index (χ2n) is 1.49. The molecule has 2 N–H and O–H groups in total. The summed E-state index contributed by atoms with van der Waals surface area (Å²) in [6, 6.07) is 0. The highest BCUT2D eigenvalue weighted by atomic mass is 31.1. The molecule has 0 aromatic rings. The molecule has 0 aromatic carbocycles. The molecule has 1 fully saturated rings. The average Bonchev–Trinajstić information content (AvgIpc) is 1.64. The molecule has 9 heavy (non-hydrogen) atoms. The Morgan fingerprint density at radius 3 is 2.67 bits per heavy atom. The van der Waals surface area contributed by atoms with Crippen LogP contribution >= 0.6 is 8.25 Å². The van der Waals surface area contributed by atoms with Crippen LogP contribution in [0.5, 0.6) is 0 Å². The van der Waals surface area contributed by atoms with E-state index in [9.17, 15) is 4.57 Å². The molecule has 1 aliphatic rings. The van der Waals surface area contributed by atoms with Gasteiger partial charge in [0.25, 0.3) is 0 Å². The van der Waals surface area contributed by atoms with Gasteiger partial charge in [-0.1, -0.05) is 0 Å². The highest BCUT2D eigenvalue weighted by molar-refractivity contribution is 7.33. The fourth-order valence-corrected chi connectivity index (χ4v) is 1.08. The molecule has 0 aromatic heterocycles. The van der Waals surface area contributed by atoms with Crippen molar-refractivity contribution in [3.63, 3.8) is 0 Å². The first-order valence-electron chi connectivity index (χ1n) is 2.31. The van der Waals surface area contributed by atoms with E-state index in [1.807, 2.05) is 0 Å². The van der Waals surface area contributed by atoms with E-state index in [0.29, 0.717) is 13.0 Å². The molecule has 48 valence electrons. The third kappa shape index (κ3) is 3.45. The summed E-state index contributed by atoms with van der Waals surface area (Å²) in [5, 5.41) is 0. The third-order valence-corrected chi connectivity index (χ3v) is 1.66. The van der Waals surface area contributed by atoms with Crippen LogP contribution in [0, 0.1) is 0 Å². The van der Waals surface area contributed by atoms with Crippen LogP contribution in [0.2, 0.25) is 0 Å². The Hall–Kier alpha value is 0.746. The van der Waals surface area contributed by atoms with Gasteiger partial charge in [-0.2, -0.15) is 0 Å². The lowest BCUT2D eigenvalue weighted by Gasteiger charge is -2.04. The lowest BCUT2D eigenvalue weighted by atomic mass is 10.4. The Bertz CT molecular complexity index is 111. The van der Waals surface area contributed by atoms with E-state index in [0.717, 1.165) is 0 Å². The van der Waals surface area contributed by atoms with Crippen molar-refractivity contribution >= 4 is 31.3 Å². The van der Waals surface area contributed by atoms with E-state index < -0.39 is 14.5 Å². The summed E-state index contributed by atoms with van der Waals surface area (Å²) in [5.41, 5.74) is 5.24. The normalized spacial score (nSPS) is 31.2. The third-order valence-electron chi connectivity index (χ3n) is 0.821. The summed E-state index contributed by atoms with van der Waals surface area (Å²) in [6.07, 6.45) is 0.230. The van der Waals surface area contributed by atoms with E-state index in [4.69, 9.17) is 5.73 Å². The predicted molar refractivity (Wildman–Crippen MR) is 33.0 cm³/mol. The average molecular weight is 160 g/mol. The highest BCUT2D eigenvalue weighted by Gasteiger charge is 2.30. The molecule has 0 spiro atoms. The van der Waals surface area contributed by atoms with Crippen LogP contribution in [0.15, 0.2) is 0 Å². The molecule has 2 radical (unpaired) electrons. The second-order valence-corrected chi connectivity index (χ2v) is 2.41. The van der Waals surface area contributed by atoms with Gasteiger partial charge in [-0.3, -0.25) is 0 Å².